The van der Waals surface area contributed by atoms with Gasteiger partial charge in [-0.25, -0.2) is 0 Å². The number of thiophene rings is 1. The molecule has 0 aromatic carbocycles. The molecular formula is C14H19N3O3S2. The molecule has 0 fully saturated rings. The summed E-state index contributed by atoms with van der Waals surface area (Å²) in [5.74, 6) is 0.828. The summed E-state index contributed by atoms with van der Waals surface area (Å²) in [5, 5.41) is 7.92. The monoisotopic (exact) mass is 341 g/mol. The minimum Gasteiger partial charge on any atom is -0.350 e. The fourth-order valence-electron chi connectivity index (χ4n) is 1.77. The average molecular weight is 341 g/mol. The minimum absolute atomic E-state index is 0.126. The number of rotatable bonds is 8. The topological polar surface area (TPSA) is 85.1 Å². The fourth-order valence-corrected chi connectivity index (χ4v) is 3.36. The van der Waals surface area contributed by atoms with E-state index < -0.39 is 16.0 Å². The fraction of sp³-hybridized carbons (Fsp3) is 0.500. The van der Waals surface area contributed by atoms with Gasteiger partial charge < -0.3 is 9.84 Å². The van der Waals surface area contributed by atoms with E-state index in [1.54, 1.807) is 18.3 Å². The van der Waals surface area contributed by atoms with E-state index in [1.165, 1.54) is 0 Å². The van der Waals surface area contributed by atoms with Crippen LogP contribution in [-0.4, -0.2) is 25.5 Å². The second-order valence-corrected chi connectivity index (χ2v) is 7.61. The standard InChI is InChI=1S/C14H19N3O3S2/c1-3-5-13-16-12(17-20-13)9-22(19)10(2)14(18)15-8-11-6-4-7-21-11/h4,6-7,10H,3,5,8-9H2,1-2H3,(H,15,18). The third kappa shape index (κ3) is 4.74. The van der Waals surface area contributed by atoms with Crippen LogP contribution in [0.5, 0.6) is 0 Å². The molecule has 0 aliphatic carbocycles. The summed E-state index contributed by atoms with van der Waals surface area (Å²) in [6, 6.07) is 3.87. The Morgan fingerprint density at radius 2 is 2.36 bits per heavy atom. The molecule has 2 aromatic heterocycles. The second-order valence-electron chi connectivity index (χ2n) is 4.82. The molecule has 2 unspecified atom stereocenters. The number of aromatic nitrogens is 2. The molecule has 0 radical (unpaired) electrons. The van der Waals surface area contributed by atoms with Crippen LogP contribution in [0.4, 0.5) is 0 Å². The number of carbonyl (C=O) groups is 1. The quantitative estimate of drug-likeness (QED) is 0.794. The third-order valence-corrected chi connectivity index (χ3v) is 5.45. The van der Waals surface area contributed by atoms with Crippen molar-refractivity contribution in [2.75, 3.05) is 0 Å². The molecular weight excluding hydrogens is 322 g/mol. The van der Waals surface area contributed by atoms with E-state index in [1.807, 2.05) is 24.4 Å². The van der Waals surface area contributed by atoms with E-state index in [0.717, 1.165) is 11.3 Å². The minimum atomic E-state index is -1.38. The van der Waals surface area contributed by atoms with Gasteiger partial charge in [-0.1, -0.05) is 18.1 Å². The highest BCUT2D eigenvalue weighted by Crippen LogP contribution is 2.09. The van der Waals surface area contributed by atoms with Gasteiger partial charge in [0, 0.05) is 22.1 Å². The molecule has 8 heteroatoms. The van der Waals surface area contributed by atoms with Gasteiger partial charge in [0.05, 0.1) is 12.3 Å². The van der Waals surface area contributed by atoms with Gasteiger partial charge in [-0.3, -0.25) is 9.00 Å². The summed E-state index contributed by atoms with van der Waals surface area (Å²) in [5.41, 5.74) is 0. The van der Waals surface area contributed by atoms with Gasteiger partial charge in [-0.15, -0.1) is 11.3 Å². The van der Waals surface area contributed by atoms with Crippen molar-refractivity contribution < 1.29 is 13.5 Å². The van der Waals surface area contributed by atoms with E-state index in [9.17, 15) is 9.00 Å². The SMILES string of the molecule is CCCc1nc(CS(=O)C(C)C(=O)NCc2cccs2)no1. The van der Waals surface area contributed by atoms with Gasteiger partial charge in [0.25, 0.3) is 0 Å². The number of amides is 1. The molecule has 0 aliphatic heterocycles. The number of aryl methyl sites for hydroxylation is 1. The summed E-state index contributed by atoms with van der Waals surface area (Å²) in [7, 11) is -1.38. The smallest absolute Gasteiger partial charge is 0.235 e. The van der Waals surface area contributed by atoms with Gasteiger partial charge in [0.1, 0.15) is 5.25 Å². The molecule has 1 N–H and O–H groups in total. The summed E-state index contributed by atoms with van der Waals surface area (Å²) in [4.78, 5) is 17.2. The van der Waals surface area contributed by atoms with Crippen molar-refractivity contribution in [1.29, 1.82) is 0 Å². The van der Waals surface area contributed by atoms with Gasteiger partial charge in [-0.2, -0.15) is 4.98 Å². The lowest BCUT2D eigenvalue weighted by molar-refractivity contribution is -0.120. The molecule has 120 valence electrons. The molecule has 2 aromatic rings. The van der Waals surface area contributed by atoms with Gasteiger partial charge >= 0.3 is 0 Å². The van der Waals surface area contributed by atoms with Crippen molar-refractivity contribution in [2.24, 2.45) is 0 Å². The molecule has 2 heterocycles. The molecule has 0 saturated heterocycles. The zero-order chi connectivity index (χ0) is 15.9. The number of carbonyl (C=O) groups excluding carboxylic acids is 1. The van der Waals surface area contributed by atoms with Gasteiger partial charge in [-0.05, 0) is 24.8 Å². The van der Waals surface area contributed by atoms with Crippen molar-refractivity contribution in [3.8, 4) is 0 Å². The van der Waals surface area contributed by atoms with E-state index in [2.05, 4.69) is 15.5 Å². The Kier molecular flexibility index (Phi) is 6.26. The molecule has 6 nitrogen and oxygen atoms in total. The van der Waals surface area contributed by atoms with Crippen molar-refractivity contribution in [1.82, 2.24) is 15.5 Å². The van der Waals surface area contributed by atoms with Gasteiger partial charge in [0.15, 0.2) is 5.82 Å². The molecule has 0 spiro atoms. The number of nitrogens with one attached hydrogen (secondary N) is 1. The van der Waals surface area contributed by atoms with Crippen LogP contribution in [0.15, 0.2) is 22.0 Å². The zero-order valence-corrected chi connectivity index (χ0v) is 14.2. The van der Waals surface area contributed by atoms with Crippen LogP contribution >= 0.6 is 11.3 Å². The van der Waals surface area contributed by atoms with Crippen molar-refractivity contribution in [3.05, 3.63) is 34.1 Å². The average Bonchev–Trinajstić information content (AvgIpc) is 3.16. The Morgan fingerprint density at radius 3 is 3.05 bits per heavy atom. The van der Waals surface area contributed by atoms with E-state index in [4.69, 9.17) is 4.52 Å². The number of hydrogen-bond acceptors (Lipinski definition) is 6. The number of hydrogen-bond donors (Lipinski definition) is 1. The van der Waals surface area contributed by atoms with E-state index in [-0.39, 0.29) is 11.7 Å². The first-order chi connectivity index (χ1) is 10.6. The maximum atomic E-state index is 12.2. The van der Waals surface area contributed by atoms with Crippen LogP contribution in [0.1, 0.15) is 36.9 Å². The maximum absolute atomic E-state index is 12.2. The van der Waals surface area contributed by atoms with Crippen LogP contribution in [-0.2, 0) is 34.3 Å². The lowest BCUT2D eigenvalue weighted by Crippen LogP contribution is -2.35. The van der Waals surface area contributed by atoms with Gasteiger partial charge in [0.2, 0.25) is 11.8 Å². The Bertz CT molecular complexity index is 625. The van der Waals surface area contributed by atoms with Crippen LogP contribution < -0.4 is 5.32 Å². The first kappa shape index (κ1) is 16.8. The Labute approximate surface area is 135 Å². The van der Waals surface area contributed by atoms with Crippen LogP contribution in [0.2, 0.25) is 0 Å². The first-order valence-corrected chi connectivity index (χ1v) is 9.35. The summed E-state index contributed by atoms with van der Waals surface area (Å²) < 4.78 is 17.3. The molecule has 1 amide bonds. The number of nitrogens with zero attached hydrogens (tertiary/aromatic N) is 2. The molecule has 0 aliphatic rings. The van der Waals surface area contributed by atoms with Crippen LogP contribution in [0, 0.1) is 0 Å². The predicted octanol–water partition coefficient (Wildman–Crippen LogP) is 2.04. The largest absolute Gasteiger partial charge is 0.350 e. The Hall–Kier alpha value is -1.54. The molecule has 0 saturated carbocycles. The second kappa shape index (κ2) is 8.19. The van der Waals surface area contributed by atoms with Crippen LogP contribution in [0.25, 0.3) is 0 Å². The molecule has 0 bridgehead atoms. The van der Waals surface area contributed by atoms with Crippen LogP contribution in [0.3, 0.4) is 0 Å². The van der Waals surface area contributed by atoms with Crippen molar-refractivity contribution >= 4 is 28.0 Å². The highest BCUT2D eigenvalue weighted by molar-refractivity contribution is 7.85. The highest BCUT2D eigenvalue weighted by atomic mass is 32.2. The summed E-state index contributed by atoms with van der Waals surface area (Å²) in [6.45, 7) is 4.12. The van der Waals surface area contributed by atoms with Crippen molar-refractivity contribution in [3.63, 3.8) is 0 Å². The molecule has 2 rings (SSSR count). The zero-order valence-electron chi connectivity index (χ0n) is 12.6. The first-order valence-electron chi connectivity index (χ1n) is 7.09. The summed E-state index contributed by atoms with van der Waals surface area (Å²) in [6.07, 6.45) is 1.61. The third-order valence-electron chi connectivity index (χ3n) is 3.03. The molecule has 22 heavy (non-hydrogen) atoms. The highest BCUT2D eigenvalue weighted by Gasteiger charge is 2.22. The normalized spacial score (nSPS) is 13.7. The summed E-state index contributed by atoms with van der Waals surface area (Å²) >= 11 is 1.57. The maximum Gasteiger partial charge on any atom is 0.235 e. The Balaban J connectivity index is 1.83. The Morgan fingerprint density at radius 1 is 1.55 bits per heavy atom. The lowest BCUT2D eigenvalue weighted by Gasteiger charge is -2.10. The van der Waals surface area contributed by atoms with E-state index in [0.29, 0.717) is 24.7 Å². The lowest BCUT2D eigenvalue weighted by atomic mass is 10.3. The predicted molar refractivity (Wildman–Crippen MR) is 85.8 cm³/mol. The molecule has 2 atom stereocenters. The van der Waals surface area contributed by atoms with Crippen molar-refractivity contribution in [2.45, 2.75) is 44.2 Å². The van der Waals surface area contributed by atoms with E-state index >= 15 is 0 Å².